The standard InChI is InChI=1S/C13H14N4OS/c1-8-11(16-7-15-8)5-14-9-2-3-12-10(4-9)17-13(18)6-19-12/h2-4,7,14H,5-6H2,1H3,(H,15,16)(H,17,18). The lowest BCUT2D eigenvalue weighted by molar-refractivity contribution is -0.113. The van der Waals surface area contributed by atoms with Crippen LogP contribution in [0.2, 0.25) is 0 Å². The van der Waals surface area contributed by atoms with Crippen molar-refractivity contribution in [3.8, 4) is 0 Å². The number of nitrogens with zero attached hydrogens (tertiary/aromatic N) is 1. The highest BCUT2D eigenvalue weighted by Crippen LogP contribution is 2.33. The summed E-state index contributed by atoms with van der Waals surface area (Å²) in [6.45, 7) is 2.66. The van der Waals surface area contributed by atoms with E-state index in [-0.39, 0.29) is 5.91 Å². The zero-order chi connectivity index (χ0) is 13.2. The fourth-order valence-electron chi connectivity index (χ4n) is 1.94. The molecule has 1 aromatic heterocycles. The number of aromatic nitrogens is 2. The number of H-pyrrole nitrogens is 1. The van der Waals surface area contributed by atoms with Gasteiger partial charge in [0.05, 0.1) is 30.0 Å². The molecule has 3 rings (SSSR count). The number of imidazole rings is 1. The molecule has 1 aliphatic heterocycles. The number of anilines is 2. The Labute approximate surface area is 115 Å². The molecule has 1 aliphatic rings. The molecular formula is C13H14N4OS. The largest absolute Gasteiger partial charge is 0.379 e. The van der Waals surface area contributed by atoms with Gasteiger partial charge < -0.3 is 15.6 Å². The summed E-state index contributed by atoms with van der Waals surface area (Å²) in [6.07, 6.45) is 1.69. The summed E-state index contributed by atoms with van der Waals surface area (Å²) in [5.41, 5.74) is 3.92. The summed E-state index contributed by atoms with van der Waals surface area (Å²) >= 11 is 1.57. The van der Waals surface area contributed by atoms with Gasteiger partial charge in [-0.15, -0.1) is 11.8 Å². The Hall–Kier alpha value is -1.95. The first-order valence-corrected chi connectivity index (χ1v) is 7.00. The van der Waals surface area contributed by atoms with Gasteiger partial charge in [-0.25, -0.2) is 4.98 Å². The molecule has 0 fully saturated rings. The smallest absolute Gasteiger partial charge is 0.234 e. The summed E-state index contributed by atoms with van der Waals surface area (Å²) in [5, 5.41) is 6.19. The van der Waals surface area contributed by atoms with Crippen LogP contribution in [0.4, 0.5) is 11.4 Å². The van der Waals surface area contributed by atoms with Crippen LogP contribution in [0.25, 0.3) is 0 Å². The van der Waals surface area contributed by atoms with Gasteiger partial charge in [-0.05, 0) is 25.1 Å². The quantitative estimate of drug-likeness (QED) is 0.803. The molecule has 2 heterocycles. The van der Waals surface area contributed by atoms with Crippen LogP contribution in [0, 0.1) is 6.92 Å². The van der Waals surface area contributed by atoms with E-state index in [0.717, 1.165) is 27.7 Å². The summed E-state index contributed by atoms with van der Waals surface area (Å²) < 4.78 is 0. The highest BCUT2D eigenvalue weighted by molar-refractivity contribution is 8.00. The maximum Gasteiger partial charge on any atom is 0.234 e. The molecule has 1 amide bonds. The van der Waals surface area contributed by atoms with Gasteiger partial charge in [0.25, 0.3) is 0 Å². The van der Waals surface area contributed by atoms with Crippen molar-refractivity contribution in [2.24, 2.45) is 0 Å². The van der Waals surface area contributed by atoms with Crippen LogP contribution in [-0.2, 0) is 11.3 Å². The zero-order valence-electron chi connectivity index (χ0n) is 10.5. The summed E-state index contributed by atoms with van der Waals surface area (Å²) in [7, 11) is 0. The van der Waals surface area contributed by atoms with E-state index < -0.39 is 0 Å². The highest BCUT2D eigenvalue weighted by Gasteiger charge is 2.15. The molecule has 0 bridgehead atoms. The number of hydrogen-bond acceptors (Lipinski definition) is 4. The van der Waals surface area contributed by atoms with Crippen LogP contribution in [0.5, 0.6) is 0 Å². The summed E-state index contributed by atoms with van der Waals surface area (Å²) in [4.78, 5) is 19.8. The van der Waals surface area contributed by atoms with Crippen molar-refractivity contribution in [1.82, 2.24) is 9.97 Å². The first kappa shape index (κ1) is 12.1. The minimum atomic E-state index is 0.0535. The summed E-state index contributed by atoms with van der Waals surface area (Å²) in [6, 6.07) is 6.01. The molecule has 0 radical (unpaired) electrons. The first-order valence-electron chi connectivity index (χ1n) is 6.02. The van der Waals surface area contributed by atoms with E-state index in [4.69, 9.17) is 0 Å². The van der Waals surface area contributed by atoms with Gasteiger partial charge in [0.2, 0.25) is 5.91 Å². The van der Waals surface area contributed by atoms with Crippen molar-refractivity contribution in [2.45, 2.75) is 18.4 Å². The number of nitrogens with one attached hydrogen (secondary N) is 3. The Balaban J connectivity index is 1.74. The van der Waals surface area contributed by atoms with Crippen molar-refractivity contribution >= 4 is 29.0 Å². The number of carbonyl (C=O) groups is 1. The molecule has 6 heteroatoms. The Morgan fingerprint density at radius 1 is 1.47 bits per heavy atom. The zero-order valence-corrected chi connectivity index (χ0v) is 11.3. The second kappa shape index (κ2) is 4.97. The molecule has 19 heavy (non-hydrogen) atoms. The first-order chi connectivity index (χ1) is 9.22. The number of hydrogen-bond donors (Lipinski definition) is 3. The van der Waals surface area contributed by atoms with E-state index in [0.29, 0.717) is 12.3 Å². The summed E-state index contributed by atoms with van der Waals surface area (Å²) in [5.74, 6) is 0.546. The molecule has 0 aliphatic carbocycles. The van der Waals surface area contributed by atoms with E-state index in [2.05, 4.69) is 20.6 Å². The van der Waals surface area contributed by atoms with Crippen molar-refractivity contribution < 1.29 is 4.79 Å². The van der Waals surface area contributed by atoms with Crippen LogP contribution >= 0.6 is 11.8 Å². The van der Waals surface area contributed by atoms with Crippen molar-refractivity contribution in [1.29, 1.82) is 0 Å². The molecular weight excluding hydrogens is 260 g/mol. The van der Waals surface area contributed by atoms with Crippen LogP contribution in [0.15, 0.2) is 29.4 Å². The van der Waals surface area contributed by atoms with Crippen LogP contribution in [-0.4, -0.2) is 21.6 Å². The predicted octanol–water partition coefficient (Wildman–Crippen LogP) is 2.37. The third kappa shape index (κ3) is 2.58. The SMILES string of the molecule is Cc1[nH]cnc1CNc1ccc2c(c1)NC(=O)CS2. The van der Waals surface area contributed by atoms with Gasteiger partial charge in [0, 0.05) is 16.3 Å². The topological polar surface area (TPSA) is 69.8 Å². The molecule has 0 unspecified atom stereocenters. The molecule has 0 atom stereocenters. The second-order valence-electron chi connectivity index (χ2n) is 4.38. The highest BCUT2D eigenvalue weighted by atomic mass is 32.2. The number of aromatic amines is 1. The number of thioether (sulfide) groups is 1. The third-order valence-electron chi connectivity index (χ3n) is 3.01. The molecule has 1 aromatic carbocycles. The van der Waals surface area contributed by atoms with Gasteiger partial charge in [0.1, 0.15) is 0 Å². The van der Waals surface area contributed by atoms with E-state index in [1.54, 1.807) is 18.1 Å². The van der Waals surface area contributed by atoms with Gasteiger partial charge >= 0.3 is 0 Å². The molecule has 0 saturated heterocycles. The number of aryl methyl sites for hydroxylation is 1. The van der Waals surface area contributed by atoms with Crippen molar-refractivity contribution in [3.05, 3.63) is 35.9 Å². The Morgan fingerprint density at radius 3 is 3.16 bits per heavy atom. The maximum absolute atomic E-state index is 11.4. The fraction of sp³-hybridized carbons (Fsp3) is 0.231. The van der Waals surface area contributed by atoms with Crippen LogP contribution in [0.1, 0.15) is 11.4 Å². The molecule has 0 spiro atoms. The molecule has 5 nitrogen and oxygen atoms in total. The normalized spacial score (nSPS) is 13.8. The number of amides is 1. The van der Waals surface area contributed by atoms with Gasteiger partial charge in [0.15, 0.2) is 0 Å². The van der Waals surface area contributed by atoms with Crippen LogP contribution < -0.4 is 10.6 Å². The fourth-order valence-corrected chi connectivity index (χ4v) is 2.73. The van der Waals surface area contributed by atoms with Crippen LogP contribution in [0.3, 0.4) is 0 Å². The second-order valence-corrected chi connectivity index (χ2v) is 5.39. The average Bonchev–Trinajstić information content (AvgIpc) is 2.81. The van der Waals surface area contributed by atoms with Crippen molar-refractivity contribution in [3.63, 3.8) is 0 Å². The number of rotatable bonds is 3. The Bertz CT molecular complexity index is 623. The maximum atomic E-state index is 11.4. The number of fused-ring (bicyclic) bond motifs is 1. The monoisotopic (exact) mass is 274 g/mol. The van der Waals surface area contributed by atoms with Gasteiger partial charge in [-0.3, -0.25) is 4.79 Å². The van der Waals surface area contributed by atoms with Gasteiger partial charge in [-0.2, -0.15) is 0 Å². The Kier molecular flexibility index (Phi) is 3.16. The van der Waals surface area contributed by atoms with Crippen molar-refractivity contribution in [2.75, 3.05) is 16.4 Å². The minimum Gasteiger partial charge on any atom is -0.379 e. The average molecular weight is 274 g/mol. The lowest BCUT2D eigenvalue weighted by atomic mass is 10.2. The van der Waals surface area contributed by atoms with E-state index in [1.807, 2.05) is 25.1 Å². The Morgan fingerprint density at radius 2 is 2.37 bits per heavy atom. The van der Waals surface area contributed by atoms with Gasteiger partial charge in [-0.1, -0.05) is 0 Å². The van der Waals surface area contributed by atoms with E-state index in [9.17, 15) is 4.79 Å². The van der Waals surface area contributed by atoms with E-state index in [1.165, 1.54) is 0 Å². The number of benzene rings is 1. The molecule has 98 valence electrons. The molecule has 3 N–H and O–H groups in total. The third-order valence-corrected chi connectivity index (χ3v) is 4.08. The predicted molar refractivity (Wildman–Crippen MR) is 76.4 cm³/mol. The minimum absolute atomic E-state index is 0.0535. The molecule has 2 aromatic rings. The lowest BCUT2D eigenvalue weighted by Crippen LogP contribution is -2.18. The molecule has 0 saturated carbocycles. The number of carbonyl (C=O) groups excluding carboxylic acids is 1. The lowest BCUT2D eigenvalue weighted by Gasteiger charge is -2.17. The van der Waals surface area contributed by atoms with E-state index >= 15 is 0 Å².